The van der Waals surface area contributed by atoms with Crippen molar-refractivity contribution in [3.05, 3.63) is 65.2 Å². The molecule has 0 radical (unpaired) electrons. The van der Waals surface area contributed by atoms with E-state index in [-0.39, 0.29) is 35.8 Å². The third-order valence-electron chi connectivity index (χ3n) is 5.51. The van der Waals surface area contributed by atoms with E-state index in [1.54, 1.807) is 18.2 Å². The SMILES string of the molecule is CCNC(=NCCc1cccc(O)c1)NC1CCN(Cc2cccc(C(F)(F)F)c2)CC1.I. The molecule has 9 heteroatoms. The number of aliphatic imine (C=N–C) groups is 1. The molecule has 1 aliphatic rings. The Morgan fingerprint density at radius 2 is 1.79 bits per heavy atom. The first kappa shape index (κ1) is 27.2. The second-order valence-corrected chi connectivity index (χ2v) is 8.07. The smallest absolute Gasteiger partial charge is 0.416 e. The number of phenolic OH excluding ortho intramolecular Hbond substituents is 1. The van der Waals surface area contributed by atoms with Gasteiger partial charge in [-0.25, -0.2) is 0 Å². The lowest BCUT2D eigenvalue weighted by Crippen LogP contribution is -2.48. The van der Waals surface area contributed by atoms with Gasteiger partial charge in [0.05, 0.1) is 5.56 Å². The van der Waals surface area contributed by atoms with Crippen LogP contribution in [0.5, 0.6) is 5.75 Å². The van der Waals surface area contributed by atoms with Crippen LogP contribution in [0, 0.1) is 0 Å². The highest BCUT2D eigenvalue weighted by atomic mass is 127. The number of piperidine rings is 1. The fraction of sp³-hybridized carbons (Fsp3) is 0.458. The molecule has 0 amide bonds. The topological polar surface area (TPSA) is 59.9 Å². The summed E-state index contributed by atoms with van der Waals surface area (Å²) in [5.41, 5.74) is 1.13. The van der Waals surface area contributed by atoms with E-state index in [9.17, 15) is 18.3 Å². The van der Waals surface area contributed by atoms with Crippen molar-refractivity contribution in [2.24, 2.45) is 4.99 Å². The van der Waals surface area contributed by atoms with E-state index in [4.69, 9.17) is 0 Å². The zero-order valence-electron chi connectivity index (χ0n) is 18.7. The number of halogens is 4. The summed E-state index contributed by atoms with van der Waals surface area (Å²) in [7, 11) is 0. The van der Waals surface area contributed by atoms with Gasteiger partial charge in [-0.3, -0.25) is 9.89 Å². The second kappa shape index (κ2) is 13.0. The number of hydrogen-bond acceptors (Lipinski definition) is 3. The maximum absolute atomic E-state index is 12.9. The summed E-state index contributed by atoms with van der Waals surface area (Å²) in [6, 6.07) is 13.0. The van der Waals surface area contributed by atoms with Crippen LogP contribution in [-0.2, 0) is 19.1 Å². The highest BCUT2D eigenvalue weighted by molar-refractivity contribution is 14.0. The van der Waals surface area contributed by atoms with Crippen molar-refractivity contribution in [3.8, 4) is 5.75 Å². The Bertz CT molecular complexity index is 899. The highest BCUT2D eigenvalue weighted by Gasteiger charge is 2.30. The van der Waals surface area contributed by atoms with Gasteiger partial charge in [0.1, 0.15) is 5.75 Å². The molecule has 182 valence electrons. The molecule has 0 bridgehead atoms. The molecule has 33 heavy (non-hydrogen) atoms. The molecule has 0 unspecified atom stereocenters. The van der Waals surface area contributed by atoms with Crippen molar-refractivity contribution < 1.29 is 18.3 Å². The Hall–Kier alpha value is -2.01. The Labute approximate surface area is 210 Å². The van der Waals surface area contributed by atoms with Crippen LogP contribution >= 0.6 is 24.0 Å². The van der Waals surface area contributed by atoms with Gasteiger partial charge < -0.3 is 15.7 Å². The number of phenols is 1. The maximum atomic E-state index is 12.9. The van der Waals surface area contributed by atoms with Gasteiger partial charge in [0.15, 0.2) is 5.96 Å². The third-order valence-corrected chi connectivity index (χ3v) is 5.51. The number of guanidine groups is 1. The molecule has 2 aromatic rings. The quantitative estimate of drug-likeness (QED) is 0.252. The van der Waals surface area contributed by atoms with E-state index in [1.165, 1.54) is 12.1 Å². The van der Waals surface area contributed by atoms with Gasteiger partial charge in [0.2, 0.25) is 0 Å². The first-order valence-corrected chi connectivity index (χ1v) is 11.0. The normalized spacial score (nSPS) is 15.7. The van der Waals surface area contributed by atoms with E-state index < -0.39 is 11.7 Å². The molecule has 3 rings (SSSR count). The lowest BCUT2D eigenvalue weighted by Gasteiger charge is -2.33. The Morgan fingerprint density at radius 3 is 2.45 bits per heavy atom. The van der Waals surface area contributed by atoms with Crippen molar-refractivity contribution in [1.82, 2.24) is 15.5 Å². The van der Waals surface area contributed by atoms with Crippen LogP contribution in [-0.4, -0.2) is 48.2 Å². The molecule has 0 spiro atoms. The summed E-state index contributed by atoms with van der Waals surface area (Å²) < 4.78 is 38.8. The summed E-state index contributed by atoms with van der Waals surface area (Å²) >= 11 is 0. The number of aromatic hydroxyl groups is 1. The number of nitrogens with one attached hydrogen (secondary N) is 2. The van der Waals surface area contributed by atoms with Gasteiger partial charge in [-0.1, -0.05) is 30.3 Å². The molecule has 0 atom stereocenters. The van der Waals surface area contributed by atoms with Crippen LogP contribution in [0.4, 0.5) is 13.2 Å². The number of nitrogens with zero attached hydrogens (tertiary/aromatic N) is 2. The van der Waals surface area contributed by atoms with Gasteiger partial charge in [-0.2, -0.15) is 13.2 Å². The number of rotatable bonds is 7. The van der Waals surface area contributed by atoms with Crippen LogP contribution in [0.15, 0.2) is 53.5 Å². The molecular formula is C24H32F3IN4O. The van der Waals surface area contributed by atoms with E-state index in [2.05, 4.69) is 20.5 Å². The molecule has 2 aromatic carbocycles. The van der Waals surface area contributed by atoms with Gasteiger partial charge in [0, 0.05) is 38.8 Å². The molecule has 1 heterocycles. The fourth-order valence-corrected chi connectivity index (χ4v) is 3.86. The lowest BCUT2D eigenvalue weighted by atomic mass is 10.0. The zero-order chi connectivity index (χ0) is 23.0. The maximum Gasteiger partial charge on any atom is 0.416 e. The van der Waals surface area contributed by atoms with E-state index in [1.807, 2.05) is 19.1 Å². The fourth-order valence-electron chi connectivity index (χ4n) is 3.86. The summed E-state index contributed by atoms with van der Waals surface area (Å²) in [4.78, 5) is 6.84. The predicted octanol–water partition coefficient (Wildman–Crippen LogP) is 4.79. The standard InChI is InChI=1S/C24H31F3N4O.HI/c1-2-28-23(29-12-9-18-5-4-8-22(32)16-18)30-21-10-13-31(14-11-21)17-19-6-3-7-20(15-19)24(25,26)27;/h3-8,15-16,21,32H,2,9-14,17H2,1H3,(H2,28,29,30);1H. The van der Waals surface area contributed by atoms with Gasteiger partial charge in [-0.15, -0.1) is 24.0 Å². The number of benzene rings is 2. The molecular weight excluding hydrogens is 544 g/mol. The average molecular weight is 576 g/mol. The summed E-state index contributed by atoms with van der Waals surface area (Å²) in [6.07, 6.45) is -1.78. The molecule has 0 aromatic heterocycles. The van der Waals surface area contributed by atoms with Gasteiger partial charge in [-0.05, 0) is 55.5 Å². The molecule has 1 aliphatic heterocycles. The molecule has 1 fully saturated rings. The van der Waals surface area contributed by atoms with Crippen molar-refractivity contribution in [2.75, 3.05) is 26.2 Å². The van der Waals surface area contributed by atoms with Crippen molar-refractivity contribution in [2.45, 2.75) is 44.9 Å². The largest absolute Gasteiger partial charge is 0.508 e. The highest BCUT2D eigenvalue weighted by Crippen LogP contribution is 2.30. The monoisotopic (exact) mass is 576 g/mol. The number of likely N-dealkylation sites (tertiary alicyclic amines) is 1. The van der Waals surface area contributed by atoms with Crippen LogP contribution in [0.2, 0.25) is 0 Å². The first-order chi connectivity index (χ1) is 15.3. The number of hydrogen-bond donors (Lipinski definition) is 3. The molecule has 1 saturated heterocycles. The van der Waals surface area contributed by atoms with Gasteiger partial charge >= 0.3 is 6.18 Å². The minimum absolute atomic E-state index is 0. The average Bonchev–Trinajstić information content (AvgIpc) is 2.75. The van der Waals surface area contributed by atoms with Gasteiger partial charge in [0.25, 0.3) is 0 Å². The summed E-state index contributed by atoms with van der Waals surface area (Å²) in [5, 5.41) is 16.3. The summed E-state index contributed by atoms with van der Waals surface area (Å²) in [6.45, 7) is 5.53. The van der Waals surface area contributed by atoms with Crippen molar-refractivity contribution in [1.29, 1.82) is 0 Å². The Kier molecular flexibility index (Phi) is 10.7. The van der Waals surface area contributed by atoms with Crippen LogP contribution in [0.25, 0.3) is 0 Å². The van der Waals surface area contributed by atoms with E-state index in [0.29, 0.717) is 18.7 Å². The van der Waals surface area contributed by atoms with E-state index in [0.717, 1.165) is 56.5 Å². The van der Waals surface area contributed by atoms with E-state index >= 15 is 0 Å². The minimum atomic E-state index is -4.31. The first-order valence-electron chi connectivity index (χ1n) is 11.0. The number of alkyl halides is 3. The molecule has 3 N–H and O–H groups in total. The van der Waals surface area contributed by atoms with Crippen LogP contribution in [0.3, 0.4) is 0 Å². The Balaban J connectivity index is 0.00000385. The van der Waals surface area contributed by atoms with Crippen molar-refractivity contribution in [3.63, 3.8) is 0 Å². The molecule has 5 nitrogen and oxygen atoms in total. The molecule has 0 aliphatic carbocycles. The molecule has 0 saturated carbocycles. The third kappa shape index (κ3) is 9.04. The Morgan fingerprint density at radius 1 is 1.09 bits per heavy atom. The van der Waals surface area contributed by atoms with Crippen molar-refractivity contribution >= 4 is 29.9 Å². The summed E-state index contributed by atoms with van der Waals surface area (Å²) in [5.74, 6) is 1.03. The second-order valence-electron chi connectivity index (χ2n) is 8.07. The minimum Gasteiger partial charge on any atom is -0.508 e. The van der Waals surface area contributed by atoms with Crippen LogP contribution in [0.1, 0.15) is 36.5 Å². The zero-order valence-corrected chi connectivity index (χ0v) is 21.1. The van der Waals surface area contributed by atoms with Crippen LogP contribution < -0.4 is 10.6 Å². The predicted molar refractivity (Wildman–Crippen MR) is 136 cm³/mol. The lowest BCUT2D eigenvalue weighted by molar-refractivity contribution is -0.137.